The van der Waals surface area contributed by atoms with Crippen LogP contribution < -0.4 is 0 Å². The van der Waals surface area contributed by atoms with Crippen molar-refractivity contribution in [2.45, 2.75) is 19.4 Å². The number of halogens is 1. The van der Waals surface area contributed by atoms with Crippen LogP contribution in [0.15, 0.2) is 18.5 Å². The fraction of sp³-hybridized carbons (Fsp3) is 0.455. The number of hydrogen-bond acceptors (Lipinski definition) is 3. The molecular formula is C11H12FNO2. The first kappa shape index (κ1) is 10.2. The number of nitrogens with zero attached hydrogens (tertiary/aromatic N) is 1. The lowest BCUT2D eigenvalue weighted by Crippen LogP contribution is -2.21. The Morgan fingerprint density at radius 1 is 1.60 bits per heavy atom. The van der Waals surface area contributed by atoms with Crippen molar-refractivity contribution in [2.24, 2.45) is 5.92 Å². The van der Waals surface area contributed by atoms with Crippen molar-refractivity contribution in [3.8, 4) is 0 Å². The van der Waals surface area contributed by atoms with Gasteiger partial charge < -0.3 is 4.74 Å². The Kier molecular flexibility index (Phi) is 2.77. The minimum atomic E-state index is -0.479. The van der Waals surface area contributed by atoms with Crippen LogP contribution in [0.4, 0.5) is 4.39 Å². The lowest BCUT2D eigenvalue weighted by Gasteiger charge is -2.12. The Hall–Kier alpha value is -1.29. The summed E-state index contributed by atoms with van der Waals surface area (Å²) >= 11 is 0. The highest BCUT2D eigenvalue weighted by Crippen LogP contribution is 2.24. The highest BCUT2D eigenvalue weighted by atomic mass is 19.1. The van der Waals surface area contributed by atoms with Crippen LogP contribution in [0.3, 0.4) is 0 Å². The average Bonchev–Trinajstić information content (AvgIpc) is 2.63. The average molecular weight is 209 g/mol. The zero-order chi connectivity index (χ0) is 10.8. The van der Waals surface area contributed by atoms with E-state index in [0.29, 0.717) is 18.6 Å². The minimum absolute atomic E-state index is 0.0769. The molecule has 2 rings (SSSR count). The number of hydrogen-bond donors (Lipinski definition) is 0. The molecule has 1 aliphatic heterocycles. The van der Waals surface area contributed by atoms with Crippen LogP contribution in [0.1, 0.15) is 23.7 Å². The summed E-state index contributed by atoms with van der Waals surface area (Å²) in [6.45, 7) is 2.46. The third-order valence-corrected chi connectivity index (χ3v) is 2.70. The summed E-state index contributed by atoms with van der Waals surface area (Å²) in [6.07, 6.45) is 3.11. The van der Waals surface area contributed by atoms with E-state index in [4.69, 9.17) is 4.74 Å². The number of carbonyl (C=O) groups excluding carboxylic acids is 1. The van der Waals surface area contributed by atoms with Crippen molar-refractivity contribution in [1.82, 2.24) is 4.98 Å². The molecular weight excluding hydrogens is 197 g/mol. The highest BCUT2D eigenvalue weighted by Gasteiger charge is 2.31. The number of aromatic nitrogens is 1. The molecule has 1 fully saturated rings. The summed E-state index contributed by atoms with van der Waals surface area (Å²) < 4.78 is 18.2. The largest absolute Gasteiger partial charge is 0.378 e. The first-order valence-corrected chi connectivity index (χ1v) is 4.95. The van der Waals surface area contributed by atoms with Crippen LogP contribution >= 0.6 is 0 Å². The first-order chi connectivity index (χ1) is 7.18. The monoisotopic (exact) mass is 209 g/mol. The molecule has 1 aromatic heterocycles. The number of ether oxygens (including phenoxy) is 1. The zero-order valence-electron chi connectivity index (χ0n) is 8.44. The summed E-state index contributed by atoms with van der Waals surface area (Å²) in [7, 11) is 0. The van der Waals surface area contributed by atoms with Gasteiger partial charge in [0, 0.05) is 18.4 Å². The zero-order valence-corrected chi connectivity index (χ0v) is 8.44. The van der Waals surface area contributed by atoms with Gasteiger partial charge >= 0.3 is 0 Å². The topological polar surface area (TPSA) is 39.2 Å². The fourth-order valence-corrected chi connectivity index (χ4v) is 1.84. The third-order valence-electron chi connectivity index (χ3n) is 2.70. The SMILES string of the molecule is CC1OCCC1C(=O)c1cncc(F)c1. The van der Waals surface area contributed by atoms with E-state index >= 15 is 0 Å². The predicted octanol–water partition coefficient (Wildman–Crippen LogP) is 1.83. The van der Waals surface area contributed by atoms with Gasteiger partial charge in [0.25, 0.3) is 0 Å². The van der Waals surface area contributed by atoms with Gasteiger partial charge in [-0.1, -0.05) is 0 Å². The van der Waals surface area contributed by atoms with Gasteiger partial charge in [0.1, 0.15) is 5.82 Å². The van der Waals surface area contributed by atoms with Crippen molar-refractivity contribution in [1.29, 1.82) is 0 Å². The van der Waals surface area contributed by atoms with Crippen LogP contribution in [0.5, 0.6) is 0 Å². The van der Waals surface area contributed by atoms with Crippen LogP contribution in [-0.4, -0.2) is 23.5 Å². The molecule has 1 aliphatic rings. The van der Waals surface area contributed by atoms with Crippen LogP contribution in [0, 0.1) is 11.7 Å². The Bertz CT molecular complexity index is 381. The molecule has 4 heteroatoms. The second-order valence-electron chi connectivity index (χ2n) is 3.73. The lowest BCUT2D eigenvalue weighted by atomic mass is 9.93. The molecule has 3 nitrogen and oxygen atoms in total. The molecule has 80 valence electrons. The van der Waals surface area contributed by atoms with Crippen molar-refractivity contribution < 1.29 is 13.9 Å². The minimum Gasteiger partial charge on any atom is -0.378 e. The lowest BCUT2D eigenvalue weighted by molar-refractivity contribution is 0.0763. The van der Waals surface area contributed by atoms with E-state index in [1.165, 1.54) is 12.3 Å². The number of ketones is 1. The smallest absolute Gasteiger partial charge is 0.170 e. The van der Waals surface area contributed by atoms with Gasteiger partial charge in [-0.3, -0.25) is 9.78 Å². The molecule has 2 heterocycles. The summed E-state index contributed by atoms with van der Waals surface area (Å²) in [4.78, 5) is 15.6. The fourth-order valence-electron chi connectivity index (χ4n) is 1.84. The summed E-state index contributed by atoms with van der Waals surface area (Å²) in [5, 5.41) is 0. The molecule has 0 spiro atoms. The predicted molar refractivity (Wildman–Crippen MR) is 52.0 cm³/mol. The molecule has 15 heavy (non-hydrogen) atoms. The van der Waals surface area contributed by atoms with Gasteiger partial charge in [-0.05, 0) is 19.4 Å². The molecule has 2 atom stereocenters. The summed E-state index contributed by atoms with van der Waals surface area (Å²) in [5.74, 6) is -0.715. The molecule has 0 aromatic carbocycles. The summed E-state index contributed by atoms with van der Waals surface area (Å²) in [6, 6.07) is 1.22. The quantitative estimate of drug-likeness (QED) is 0.697. The van der Waals surface area contributed by atoms with E-state index in [1.807, 2.05) is 6.92 Å². The van der Waals surface area contributed by atoms with Gasteiger partial charge in [0.15, 0.2) is 5.78 Å². The Morgan fingerprint density at radius 3 is 3.00 bits per heavy atom. The van der Waals surface area contributed by atoms with Crippen molar-refractivity contribution in [2.75, 3.05) is 6.61 Å². The number of pyridine rings is 1. The molecule has 0 N–H and O–H groups in total. The molecule has 0 aliphatic carbocycles. The molecule has 0 amide bonds. The Morgan fingerprint density at radius 2 is 2.40 bits per heavy atom. The third kappa shape index (κ3) is 2.04. The molecule has 1 saturated heterocycles. The second-order valence-corrected chi connectivity index (χ2v) is 3.73. The van der Waals surface area contributed by atoms with Crippen molar-refractivity contribution in [3.05, 3.63) is 29.8 Å². The van der Waals surface area contributed by atoms with Crippen LogP contribution in [-0.2, 0) is 4.74 Å². The van der Waals surface area contributed by atoms with Gasteiger partial charge in [0.2, 0.25) is 0 Å². The van der Waals surface area contributed by atoms with E-state index in [1.54, 1.807) is 0 Å². The maximum atomic E-state index is 12.9. The standard InChI is InChI=1S/C11H12FNO2/c1-7-10(2-3-15-7)11(14)8-4-9(12)6-13-5-8/h4-7,10H,2-3H2,1H3. The van der Waals surface area contributed by atoms with Gasteiger partial charge in [-0.2, -0.15) is 0 Å². The van der Waals surface area contributed by atoms with Gasteiger partial charge in [-0.25, -0.2) is 4.39 Å². The Labute approximate surface area is 87.3 Å². The van der Waals surface area contributed by atoms with E-state index in [0.717, 1.165) is 6.20 Å². The normalized spacial score (nSPS) is 25.5. The Balaban J connectivity index is 2.20. The molecule has 1 aromatic rings. The maximum absolute atomic E-state index is 12.9. The van der Waals surface area contributed by atoms with E-state index < -0.39 is 5.82 Å². The highest BCUT2D eigenvalue weighted by molar-refractivity contribution is 5.98. The van der Waals surface area contributed by atoms with E-state index in [2.05, 4.69) is 4.98 Å². The van der Waals surface area contributed by atoms with E-state index in [9.17, 15) is 9.18 Å². The first-order valence-electron chi connectivity index (χ1n) is 4.95. The number of carbonyl (C=O) groups is 1. The molecule has 0 bridgehead atoms. The maximum Gasteiger partial charge on any atom is 0.170 e. The number of rotatable bonds is 2. The second kappa shape index (κ2) is 4.06. The van der Waals surface area contributed by atoms with E-state index in [-0.39, 0.29) is 17.8 Å². The van der Waals surface area contributed by atoms with Crippen molar-refractivity contribution >= 4 is 5.78 Å². The summed E-state index contributed by atoms with van der Waals surface area (Å²) in [5.41, 5.74) is 0.331. The van der Waals surface area contributed by atoms with Crippen LogP contribution in [0.2, 0.25) is 0 Å². The van der Waals surface area contributed by atoms with Crippen molar-refractivity contribution in [3.63, 3.8) is 0 Å². The molecule has 2 unspecified atom stereocenters. The van der Waals surface area contributed by atoms with Crippen LogP contribution in [0.25, 0.3) is 0 Å². The van der Waals surface area contributed by atoms with Gasteiger partial charge in [0.05, 0.1) is 18.2 Å². The number of Topliss-reactive ketones (excluding diaryl/α,β-unsaturated/α-hetero) is 1. The molecule has 0 radical (unpaired) electrons. The molecule has 0 saturated carbocycles. The van der Waals surface area contributed by atoms with Gasteiger partial charge in [-0.15, -0.1) is 0 Å².